The first-order chi connectivity index (χ1) is 10.0. The van der Waals surface area contributed by atoms with Crippen LogP contribution in [0.5, 0.6) is 5.75 Å². The summed E-state index contributed by atoms with van der Waals surface area (Å²) in [5.41, 5.74) is 3.67. The predicted molar refractivity (Wildman–Crippen MR) is 95.3 cm³/mol. The van der Waals surface area contributed by atoms with Gasteiger partial charge < -0.3 is 9.94 Å². The van der Waals surface area contributed by atoms with Crippen LogP contribution < -0.4 is 0 Å². The summed E-state index contributed by atoms with van der Waals surface area (Å²) in [5.74, 6) is 0.403. The Morgan fingerprint density at radius 1 is 1.14 bits per heavy atom. The number of alkyl halides is 1. The molecule has 0 aliphatic carbocycles. The van der Waals surface area contributed by atoms with Crippen LogP contribution in [0.15, 0.2) is 17.3 Å². The summed E-state index contributed by atoms with van der Waals surface area (Å²) in [6.45, 7) is 12.7. The minimum atomic E-state index is -0.130. The molecule has 22 heavy (non-hydrogen) atoms. The Bertz CT molecular complexity index is 559. The van der Waals surface area contributed by atoms with Gasteiger partial charge in [-0.05, 0) is 23.0 Å². The molecular weight excluding hydrogens is 342 g/mol. The highest BCUT2D eigenvalue weighted by Gasteiger charge is 2.29. The van der Waals surface area contributed by atoms with Gasteiger partial charge in [-0.1, -0.05) is 62.6 Å². The van der Waals surface area contributed by atoms with Crippen molar-refractivity contribution in [2.75, 3.05) is 5.33 Å². The second-order valence-electron chi connectivity index (χ2n) is 8.04. The van der Waals surface area contributed by atoms with E-state index in [4.69, 9.17) is 4.84 Å². The second kappa shape index (κ2) is 5.88. The standard InChI is InChI=1S/C18H26BrNO2/c1-17(2,3)13-7-11(15-9-12(10-19)22-20-15)8-14(16(13)21)18(4,5)6/h7-8,12,21H,9-10H2,1-6H3/t12-/m1/s1. The van der Waals surface area contributed by atoms with Crippen molar-refractivity contribution in [2.24, 2.45) is 5.16 Å². The Kier molecular flexibility index (Phi) is 4.63. The monoisotopic (exact) mass is 367 g/mol. The lowest BCUT2D eigenvalue weighted by molar-refractivity contribution is 0.104. The number of hydrogen-bond donors (Lipinski definition) is 1. The van der Waals surface area contributed by atoms with Crippen LogP contribution >= 0.6 is 15.9 Å². The molecule has 0 fully saturated rings. The van der Waals surface area contributed by atoms with Crippen molar-refractivity contribution in [3.63, 3.8) is 0 Å². The highest BCUT2D eigenvalue weighted by atomic mass is 79.9. The minimum Gasteiger partial charge on any atom is -0.507 e. The van der Waals surface area contributed by atoms with Crippen LogP contribution in [0, 0.1) is 0 Å². The van der Waals surface area contributed by atoms with E-state index in [0.717, 1.165) is 34.2 Å². The lowest BCUT2D eigenvalue weighted by atomic mass is 9.78. The van der Waals surface area contributed by atoms with Crippen molar-refractivity contribution in [3.05, 3.63) is 28.8 Å². The van der Waals surface area contributed by atoms with Gasteiger partial charge in [-0.3, -0.25) is 0 Å². The fourth-order valence-corrected chi connectivity index (χ4v) is 2.97. The Morgan fingerprint density at radius 2 is 1.64 bits per heavy atom. The van der Waals surface area contributed by atoms with E-state index in [0.29, 0.717) is 5.75 Å². The first-order valence-corrected chi connectivity index (χ1v) is 8.83. The highest BCUT2D eigenvalue weighted by molar-refractivity contribution is 9.09. The molecule has 1 N–H and O–H groups in total. The Morgan fingerprint density at radius 3 is 2.00 bits per heavy atom. The molecule has 1 aromatic carbocycles. The van der Waals surface area contributed by atoms with E-state index < -0.39 is 0 Å². The molecule has 4 heteroatoms. The zero-order chi connectivity index (χ0) is 16.7. The molecule has 2 rings (SSSR count). The van der Waals surface area contributed by atoms with Gasteiger partial charge in [-0.25, -0.2) is 0 Å². The average Bonchev–Trinajstić information content (AvgIpc) is 2.85. The van der Waals surface area contributed by atoms with E-state index in [1.807, 2.05) is 0 Å². The molecule has 1 aliphatic heterocycles. The number of phenolic OH excluding ortho intramolecular Hbond substituents is 1. The van der Waals surface area contributed by atoms with Crippen molar-refractivity contribution in [2.45, 2.75) is 64.9 Å². The molecule has 0 saturated heterocycles. The lowest BCUT2D eigenvalue weighted by Gasteiger charge is -2.28. The van der Waals surface area contributed by atoms with E-state index in [9.17, 15) is 5.11 Å². The molecule has 122 valence electrons. The number of hydrogen-bond acceptors (Lipinski definition) is 3. The van der Waals surface area contributed by atoms with Crippen LogP contribution in [0.4, 0.5) is 0 Å². The molecule has 0 spiro atoms. The van der Waals surface area contributed by atoms with Gasteiger partial charge in [0.25, 0.3) is 0 Å². The molecular formula is C18H26BrNO2. The molecule has 1 atom stereocenters. The maximum Gasteiger partial charge on any atom is 0.142 e. The molecule has 1 aromatic rings. The molecule has 3 nitrogen and oxygen atoms in total. The van der Waals surface area contributed by atoms with Gasteiger partial charge in [-0.15, -0.1) is 0 Å². The summed E-state index contributed by atoms with van der Waals surface area (Å²) in [6, 6.07) is 4.12. The van der Waals surface area contributed by atoms with Gasteiger partial charge >= 0.3 is 0 Å². The van der Waals surface area contributed by atoms with Crippen LogP contribution in [-0.2, 0) is 15.7 Å². The van der Waals surface area contributed by atoms with Crippen LogP contribution in [0.25, 0.3) is 0 Å². The number of nitrogens with zero attached hydrogens (tertiary/aromatic N) is 1. The van der Waals surface area contributed by atoms with Crippen molar-refractivity contribution >= 4 is 21.6 Å². The summed E-state index contributed by atoms with van der Waals surface area (Å²) in [5, 5.41) is 15.8. The first-order valence-electron chi connectivity index (χ1n) is 7.71. The topological polar surface area (TPSA) is 41.8 Å². The number of oxime groups is 1. The third kappa shape index (κ3) is 3.48. The number of rotatable bonds is 2. The molecule has 0 aromatic heterocycles. The quantitative estimate of drug-likeness (QED) is 0.757. The van der Waals surface area contributed by atoms with Crippen molar-refractivity contribution in [1.29, 1.82) is 0 Å². The third-order valence-corrected chi connectivity index (χ3v) is 4.69. The third-order valence-electron chi connectivity index (χ3n) is 3.96. The summed E-state index contributed by atoms with van der Waals surface area (Å²) in [7, 11) is 0. The van der Waals surface area contributed by atoms with Gasteiger partial charge in [0.05, 0.1) is 5.71 Å². The SMILES string of the molecule is CC(C)(C)c1cc(C2=NO[C@@H](CBr)C2)cc(C(C)(C)C)c1O. The largest absolute Gasteiger partial charge is 0.507 e. The van der Waals surface area contributed by atoms with Crippen molar-refractivity contribution in [3.8, 4) is 5.75 Å². The fourth-order valence-electron chi connectivity index (χ4n) is 2.63. The summed E-state index contributed by atoms with van der Waals surface area (Å²) in [4.78, 5) is 5.43. The first kappa shape index (κ1) is 17.3. The zero-order valence-corrected chi connectivity index (χ0v) is 15.9. The van der Waals surface area contributed by atoms with Gasteiger partial charge in [-0.2, -0.15) is 0 Å². The van der Waals surface area contributed by atoms with E-state index in [1.54, 1.807) is 0 Å². The Balaban J connectivity index is 2.57. The van der Waals surface area contributed by atoms with Crippen molar-refractivity contribution in [1.82, 2.24) is 0 Å². The molecule has 0 radical (unpaired) electrons. The van der Waals surface area contributed by atoms with Gasteiger partial charge in [0, 0.05) is 28.4 Å². The summed E-state index contributed by atoms with van der Waals surface area (Å²) >= 11 is 3.44. The maximum absolute atomic E-state index is 10.7. The second-order valence-corrected chi connectivity index (χ2v) is 8.69. The maximum atomic E-state index is 10.7. The minimum absolute atomic E-state index is 0.0972. The summed E-state index contributed by atoms with van der Waals surface area (Å²) < 4.78 is 0. The molecule has 1 heterocycles. The van der Waals surface area contributed by atoms with Crippen molar-refractivity contribution < 1.29 is 9.94 Å². The van der Waals surface area contributed by atoms with Gasteiger partial charge in [0.15, 0.2) is 0 Å². The van der Waals surface area contributed by atoms with E-state index in [-0.39, 0.29) is 16.9 Å². The van der Waals surface area contributed by atoms with Gasteiger partial charge in [0.1, 0.15) is 11.9 Å². The predicted octanol–water partition coefficient (Wildman–Crippen LogP) is 4.88. The van der Waals surface area contributed by atoms with E-state index in [1.165, 1.54) is 0 Å². The van der Waals surface area contributed by atoms with Crippen LogP contribution in [0.3, 0.4) is 0 Å². The van der Waals surface area contributed by atoms with E-state index in [2.05, 4.69) is 74.8 Å². The number of halogens is 1. The Labute approximate surface area is 141 Å². The van der Waals surface area contributed by atoms with Crippen LogP contribution in [0.1, 0.15) is 64.7 Å². The molecule has 0 bridgehead atoms. The lowest BCUT2D eigenvalue weighted by Crippen LogP contribution is -2.19. The molecule has 0 unspecified atom stereocenters. The number of aromatic hydroxyl groups is 1. The normalized spacial score (nSPS) is 19.0. The fraction of sp³-hybridized carbons (Fsp3) is 0.611. The number of benzene rings is 1. The highest BCUT2D eigenvalue weighted by Crippen LogP contribution is 2.40. The summed E-state index contributed by atoms with van der Waals surface area (Å²) in [6.07, 6.45) is 0.892. The van der Waals surface area contributed by atoms with Crippen LogP contribution in [0.2, 0.25) is 0 Å². The van der Waals surface area contributed by atoms with Crippen LogP contribution in [-0.4, -0.2) is 22.3 Å². The zero-order valence-electron chi connectivity index (χ0n) is 14.3. The average molecular weight is 368 g/mol. The van der Waals surface area contributed by atoms with Gasteiger partial charge in [0.2, 0.25) is 0 Å². The smallest absolute Gasteiger partial charge is 0.142 e. The molecule has 0 amide bonds. The molecule has 0 saturated carbocycles. The number of phenols is 1. The Hall–Kier alpha value is -1.03. The van der Waals surface area contributed by atoms with E-state index >= 15 is 0 Å². The molecule has 1 aliphatic rings.